The second kappa shape index (κ2) is 8.54. The van der Waals surface area contributed by atoms with Crippen molar-refractivity contribution in [3.05, 3.63) is 23.8 Å². The number of fused-ring (bicyclic) bond motifs is 1. The lowest BCUT2D eigenvalue weighted by atomic mass is 9.94. The smallest absolute Gasteiger partial charge is 0.220 e. The van der Waals surface area contributed by atoms with Gasteiger partial charge >= 0.3 is 0 Å². The molecule has 0 spiro atoms. The zero-order valence-electron chi connectivity index (χ0n) is 14.7. The number of carbonyl (C=O) groups is 1. The lowest BCUT2D eigenvalue weighted by Crippen LogP contribution is -2.37. The van der Waals surface area contributed by atoms with E-state index in [2.05, 4.69) is 5.32 Å². The zero-order chi connectivity index (χ0) is 17.6. The molecule has 1 amide bonds. The first-order valence-corrected chi connectivity index (χ1v) is 9.08. The number of rotatable bonds is 6. The number of ether oxygens (including phenoxy) is 3. The van der Waals surface area contributed by atoms with Crippen molar-refractivity contribution < 1.29 is 24.1 Å². The predicted octanol–water partition coefficient (Wildman–Crippen LogP) is 2.20. The molecule has 138 valence electrons. The molecular weight excluding hydrogens is 322 g/mol. The van der Waals surface area contributed by atoms with Crippen molar-refractivity contribution in [3.63, 3.8) is 0 Å². The van der Waals surface area contributed by atoms with Crippen LogP contribution in [-0.2, 0) is 9.53 Å². The highest BCUT2D eigenvalue weighted by Crippen LogP contribution is 2.33. The lowest BCUT2D eigenvalue weighted by molar-refractivity contribution is -0.123. The Balaban J connectivity index is 1.49. The number of benzene rings is 1. The van der Waals surface area contributed by atoms with E-state index >= 15 is 0 Å². The first-order chi connectivity index (χ1) is 12.1. The van der Waals surface area contributed by atoms with E-state index < -0.39 is 6.10 Å². The topological polar surface area (TPSA) is 77.0 Å². The number of aliphatic hydroxyl groups is 1. The van der Waals surface area contributed by atoms with Gasteiger partial charge in [-0.3, -0.25) is 4.79 Å². The Hall–Kier alpha value is -1.79. The Morgan fingerprint density at radius 1 is 1.20 bits per heavy atom. The average Bonchev–Trinajstić information content (AvgIpc) is 2.66. The Morgan fingerprint density at radius 2 is 1.92 bits per heavy atom. The summed E-state index contributed by atoms with van der Waals surface area (Å²) in [6.07, 6.45) is 2.64. The van der Waals surface area contributed by atoms with E-state index in [1.807, 2.05) is 13.0 Å². The van der Waals surface area contributed by atoms with Gasteiger partial charge in [-0.15, -0.1) is 0 Å². The van der Waals surface area contributed by atoms with Gasteiger partial charge in [-0.2, -0.15) is 0 Å². The van der Waals surface area contributed by atoms with Crippen molar-refractivity contribution in [2.45, 2.75) is 44.8 Å². The predicted molar refractivity (Wildman–Crippen MR) is 92.8 cm³/mol. The minimum atomic E-state index is -0.789. The fraction of sp³-hybridized carbons (Fsp3) is 0.632. The van der Waals surface area contributed by atoms with Crippen LogP contribution in [0.15, 0.2) is 18.2 Å². The van der Waals surface area contributed by atoms with Crippen LogP contribution in [0.2, 0.25) is 0 Å². The van der Waals surface area contributed by atoms with Gasteiger partial charge in [0.05, 0.1) is 12.1 Å². The van der Waals surface area contributed by atoms with Crippen LogP contribution in [0, 0.1) is 5.92 Å². The molecular formula is C19H27NO5. The molecule has 1 aromatic carbocycles. The quantitative estimate of drug-likeness (QED) is 0.823. The van der Waals surface area contributed by atoms with Gasteiger partial charge in [0.1, 0.15) is 13.2 Å². The van der Waals surface area contributed by atoms with Crippen LogP contribution < -0.4 is 14.8 Å². The maximum absolute atomic E-state index is 12.2. The Kier molecular flexibility index (Phi) is 6.15. The zero-order valence-corrected chi connectivity index (χ0v) is 14.7. The van der Waals surface area contributed by atoms with Gasteiger partial charge in [0.2, 0.25) is 5.91 Å². The molecule has 0 saturated carbocycles. The monoisotopic (exact) mass is 349 g/mol. The van der Waals surface area contributed by atoms with Crippen LogP contribution in [-0.4, -0.2) is 43.5 Å². The fourth-order valence-electron chi connectivity index (χ4n) is 3.31. The molecule has 6 heteroatoms. The maximum atomic E-state index is 12.2. The highest BCUT2D eigenvalue weighted by Gasteiger charge is 2.22. The second-order valence-corrected chi connectivity index (χ2v) is 6.80. The molecule has 6 nitrogen and oxygen atoms in total. The molecule has 0 aliphatic carbocycles. The molecule has 2 atom stereocenters. The number of nitrogens with one attached hydrogen (secondary N) is 1. The van der Waals surface area contributed by atoms with Gasteiger partial charge in [0.25, 0.3) is 0 Å². The van der Waals surface area contributed by atoms with Crippen molar-refractivity contribution in [1.29, 1.82) is 0 Å². The highest BCUT2D eigenvalue weighted by molar-refractivity contribution is 5.76. The van der Waals surface area contributed by atoms with Gasteiger partial charge in [0, 0.05) is 19.6 Å². The third kappa shape index (κ3) is 4.86. The number of aliphatic hydroxyl groups excluding tert-OH is 1. The van der Waals surface area contributed by atoms with Gasteiger partial charge in [0.15, 0.2) is 11.5 Å². The maximum Gasteiger partial charge on any atom is 0.220 e. The van der Waals surface area contributed by atoms with Gasteiger partial charge in [-0.25, -0.2) is 0 Å². The summed E-state index contributed by atoms with van der Waals surface area (Å²) in [5, 5.41) is 13.4. The average molecular weight is 349 g/mol. The molecule has 0 aromatic heterocycles. The van der Waals surface area contributed by atoms with Gasteiger partial charge in [-0.05, 0) is 49.8 Å². The summed E-state index contributed by atoms with van der Waals surface area (Å²) in [6.45, 7) is 4.45. The van der Waals surface area contributed by atoms with E-state index in [0.717, 1.165) is 32.5 Å². The second-order valence-electron chi connectivity index (χ2n) is 6.80. The van der Waals surface area contributed by atoms with Crippen LogP contribution >= 0.6 is 0 Å². The van der Waals surface area contributed by atoms with E-state index in [-0.39, 0.29) is 11.9 Å². The Labute approximate surface area is 148 Å². The third-order valence-corrected chi connectivity index (χ3v) is 4.89. The third-order valence-electron chi connectivity index (χ3n) is 4.89. The SMILES string of the molecule is C[C@@H](NC(=O)CCC1CCOCC1)[C@H](O)c1ccc2c(c1)OCCO2. The molecule has 0 unspecified atom stereocenters. The molecule has 2 heterocycles. The van der Waals surface area contributed by atoms with Crippen LogP contribution in [0.25, 0.3) is 0 Å². The first-order valence-electron chi connectivity index (χ1n) is 9.08. The molecule has 1 fully saturated rings. The van der Waals surface area contributed by atoms with Crippen molar-refractivity contribution >= 4 is 5.91 Å². The van der Waals surface area contributed by atoms with E-state index in [9.17, 15) is 9.90 Å². The lowest BCUT2D eigenvalue weighted by Gasteiger charge is -2.24. The molecule has 2 N–H and O–H groups in total. The van der Waals surface area contributed by atoms with Crippen molar-refractivity contribution in [2.24, 2.45) is 5.92 Å². The molecule has 0 radical (unpaired) electrons. The summed E-state index contributed by atoms with van der Waals surface area (Å²) in [7, 11) is 0. The number of carbonyl (C=O) groups excluding carboxylic acids is 1. The Morgan fingerprint density at radius 3 is 2.68 bits per heavy atom. The standard InChI is InChI=1S/C19H27NO5/c1-13(20-18(21)5-2-14-6-8-23-9-7-14)19(22)15-3-4-16-17(12-15)25-11-10-24-16/h3-4,12-14,19,22H,2,5-11H2,1H3,(H,20,21)/t13-,19+/m1/s1. The minimum absolute atomic E-state index is 0.0180. The largest absolute Gasteiger partial charge is 0.486 e. The number of hydrogen-bond donors (Lipinski definition) is 2. The highest BCUT2D eigenvalue weighted by atomic mass is 16.6. The summed E-state index contributed by atoms with van der Waals surface area (Å²) in [4.78, 5) is 12.2. The number of amides is 1. The van der Waals surface area contributed by atoms with E-state index in [4.69, 9.17) is 14.2 Å². The molecule has 3 rings (SSSR count). The van der Waals surface area contributed by atoms with Crippen LogP contribution in [0.1, 0.15) is 44.3 Å². The molecule has 1 aromatic rings. The summed E-state index contributed by atoms with van der Waals surface area (Å²) >= 11 is 0. The normalized spacial score (nSPS) is 19.9. The minimum Gasteiger partial charge on any atom is -0.486 e. The molecule has 1 saturated heterocycles. The van der Waals surface area contributed by atoms with Crippen LogP contribution in [0.5, 0.6) is 11.5 Å². The van der Waals surface area contributed by atoms with Gasteiger partial charge < -0.3 is 24.6 Å². The molecule has 2 aliphatic heterocycles. The van der Waals surface area contributed by atoms with Gasteiger partial charge in [-0.1, -0.05) is 6.07 Å². The van der Waals surface area contributed by atoms with E-state index in [0.29, 0.717) is 42.6 Å². The first kappa shape index (κ1) is 18.0. The molecule has 2 aliphatic rings. The Bertz CT molecular complexity index is 585. The summed E-state index contributed by atoms with van der Waals surface area (Å²) in [5.74, 6) is 1.88. The van der Waals surface area contributed by atoms with E-state index in [1.165, 1.54) is 0 Å². The van der Waals surface area contributed by atoms with Crippen LogP contribution in [0.4, 0.5) is 0 Å². The summed E-state index contributed by atoms with van der Waals surface area (Å²) < 4.78 is 16.4. The summed E-state index contributed by atoms with van der Waals surface area (Å²) in [5.41, 5.74) is 0.710. The number of hydrogen-bond acceptors (Lipinski definition) is 5. The van der Waals surface area contributed by atoms with Crippen molar-refractivity contribution in [3.8, 4) is 11.5 Å². The van der Waals surface area contributed by atoms with Crippen LogP contribution in [0.3, 0.4) is 0 Å². The van der Waals surface area contributed by atoms with E-state index in [1.54, 1.807) is 12.1 Å². The fourth-order valence-corrected chi connectivity index (χ4v) is 3.31. The molecule has 0 bridgehead atoms. The molecule has 25 heavy (non-hydrogen) atoms. The van der Waals surface area contributed by atoms with Crippen molar-refractivity contribution in [2.75, 3.05) is 26.4 Å². The van der Waals surface area contributed by atoms with Crippen molar-refractivity contribution in [1.82, 2.24) is 5.32 Å². The summed E-state index contributed by atoms with van der Waals surface area (Å²) in [6, 6.07) is 5.02.